The summed E-state index contributed by atoms with van der Waals surface area (Å²) in [6, 6.07) is 15.8. The van der Waals surface area contributed by atoms with E-state index in [-0.39, 0.29) is 5.97 Å². The van der Waals surface area contributed by atoms with Gasteiger partial charge in [0, 0.05) is 17.1 Å². The third kappa shape index (κ3) is 2.51. The summed E-state index contributed by atoms with van der Waals surface area (Å²) >= 11 is 3.51. The minimum absolute atomic E-state index is 0.386. The van der Waals surface area contributed by atoms with E-state index in [2.05, 4.69) is 15.9 Å². The molecule has 0 unspecified atom stereocenters. The molecule has 0 saturated heterocycles. The van der Waals surface area contributed by atoms with Gasteiger partial charge in [0.25, 0.3) is 0 Å². The minimum atomic E-state index is -0.386. The standard InChI is InChI=1S/C21H15BrN4O2/c1-12-23-20-19(21-24-16-8-3-4-9-17(16)26(12)21)18(28-13(2)27)11-25(20)15-7-5-6-14(22)10-15/h3-11H,1-2H3. The van der Waals surface area contributed by atoms with Gasteiger partial charge in [0.15, 0.2) is 17.0 Å². The van der Waals surface area contributed by atoms with Gasteiger partial charge in [-0.15, -0.1) is 0 Å². The van der Waals surface area contributed by atoms with Gasteiger partial charge in [-0.1, -0.05) is 34.1 Å². The minimum Gasteiger partial charge on any atom is -0.424 e. The number of nitrogens with zero attached hydrogens (tertiary/aromatic N) is 4. The summed E-state index contributed by atoms with van der Waals surface area (Å²) in [5, 5.41) is 0.706. The molecule has 0 fully saturated rings. The van der Waals surface area contributed by atoms with E-state index in [1.54, 1.807) is 6.20 Å². The Kier molecular flexibility index (Phi) is 3.73. The molecule has 5 rings (SSSR count). The summed E-state index contributed by atoms with van der Waals surface area (Å²) in [5.74, 6) is 0.860. The van der Waals surface area contributed by atoms with Gasteiger partial charge in [0.2, 0.25) is 0 Å². The van der Waals surface area contributed by atoms with Crippen LogP contribution in [0.25, 0.3) is 33.4 Å². The Morgan fingerprint density at radius 2 is 1.89 bits per heavy atom. The summed E-state index contributed by atoms with van der Waals surface area (Å²) in [4.78, 5) is 21.4. The zero-order valence-electron chi connectivity index (χ0n) is 15.2. The molecule has 0 aliphatic heterocycles. The maximum absolute atomic E-state index is 11.7. The van der Waals surface area contributed by atoms with Gasteiger partial charge in [-0.2, -0.15) is 0 Å². The number of hydrogen-bond acceptors (Lipinski definition) is 4. The zero-order chi connectivity index (χ0) is 19.4. The van der Waals surface area contributed by atoms with Crippen molar-refractivity contribution in [2.45, 2.75) is 13.8 Å². The third-order valence-electron chi connectivity index (χ3n) is 4.66. The number of imidazole rings is 1. The van der Waals surface area contributed by atoms with Gasteiger partial charge in [0.1, 0.15) is 11.2 Å². The molecule has 3 heterocycles. The smallest absolute Gasteiger partial charge is 0.308 e. The molecule has 0 N–H and O–H groups in total. The van der Waals surface area contributed by atoms with Crippen molar-refractivity contribution in [3.8, 4) is 11.4 Å². The van der Waals surface area contributed by atoms with Crippen molar-refractivity contribution in [2.75, 3.05) is 0 Å². The molecule has 6 nitrogen and oxygen atoms in total. The SMILES string of the molecule is CC(=O)Oc1cn(-c2cccc(Br)c2)c2nc(C)n3c4ccccc4nc3c12. The van der Waals surface area contributed by atoms with E-state index < -0.39 is 0 Å². The second-order valence-electron chi connectivity index (χ2n) is 6.55. The number of para-hydroxylation sites is 2. The number of carbonyl (C=O) groups excluding carboxylic acids is 1. The second-order valence-corrected chi connectivity index (χ2v) is 7.47. The zero-order valence-corrected chi connectivity index (χ0v) is 16.8. The topological polar surface area (TPSA) is 61.4 Å². The number of benzene rings is 2. The number of aromatic nitrogens is 4. The molecule has 0 saturated carbocycles. The normalized spacial score (nSPS) is 11.5. The molecular weight excluding hydrogens is 420 g/mol. The van der Waals surface area contributed by atoms with Crippen LogP contribution in [0.3, 0.4) is 0 Å². The largest absolute Gasteiger partial charge is 0.424 e. The van der Waals surface area contributed by atoms with Gasteiger partial charge in [-0.3, -0.25) is 13.8 Å². The quantitative estimate of drug-likeness (QED) is 0.373. The fourth-order valence-corrected chi connectivity index (χ4v) is 3.96. The summed E-state index contributed by atoms with van der Waals surface area (Å²) < 4.78 is 10.4. The van der Waals surface area contributed by atoms with E-state index in [0.29, 0.717) is 22.4 Å². The van der Waals surface area contributed by atoms with Crippen molar-refractivity contribution >= 4 is 49.6 Å². The molecule has 0 aliphatic rings. The molecule has 0 spiro atoms. The van der Waals surface area contributed by atoms with E-state index in [9.17, 15) is 4.79 Å². The first-order valence-corrected chi connectivity index (χ1v) is 9.55. The molecule has 0 atom stereocenters. The van der Waals surface area contributed by atoms with Crippen molar-refractivity contribution in [2.24, 2.45) is 0 Å². The van der Waals surface area contributed by atoms with Crippen molar-refractivity contribution in [3.05, 3.63) is 65.0 Å². The number of aryl methyl sites for hydroxylation is 1. The number of hydrogen-bond donors (Lipinski definition) is 0. The molecule has 5 aromatic rings. The Morgan fingerprint density at radius 3 is 2.68 bits per heavy atom. The lowest BCUT2D eigenvalue weighted by atomic mass is 10.3. The molecule has 138 valence electrons. The van der Waals surface area contributed by atoms with Gasteiger partial charge < -0.3 is 4.74 Å². The maximum atomic E-state index is 11.7. The third-order valence-corrected chi connectivity index (χ3v) is 5.15. The van der Waals surface area contributed by atoms with E-state index in [1.165, 1.54) is 6.92 Å². The van der Waals surface area contributed by atoms with Gasteiger partial charge >= 0.3 is 5.97 Å². The van der Waals surface area contributed by atoms with E-state index in [0.717, 1.165) is 27.0 Å². The monoisotopic (exact) mass is 434 g/mol. The average molecular weight is 435 g/mol. The fourth-order valence-electron chi connectivity index (χ4n) is 3.57. The second kappa shape index (κ2) is 6.17. The molecule has 0 amide bonds. The first-order chi connectivity index (χ1) is 13.5. The molecule has 0 aliphatic carbocycles. The maximum Gasteiger partial charge on any atom is 0.308 e. The van der Waals surface area contributed by atoms with Crippen LogP contribution in [0.5, 0.6) is 5.75 Å². The highest BCUT2D eigenvalue weighted by Crippen LogP contribution is 2.35. The molecule has 3 aromatic heterocycles. The summed E-state index contributed by atoms with van der Waals surface area (Å²) in [6.07, 6.45) is 1.79. The highest BCUT2D eigenvalue weighted by molar-refractivity contribution is 9.10. The lowest BCUT2D eigenvalue weighted by Crippen LogP contribution is -2.02. The van der Waals surface area contributed by atoms with Crippen LogP contribution in [0.4, 0.5) is 0 Å². The molecule has 0 bridgehead atoms. The summed E-state index contributed by atoms with van der Waals surface area (Å²) in [6.45, 7) is 3.34. The number of fused-ring (bicyclic) bond motifs is 5. The van der Waals surface area contributed by atoms with Gasteiger partial charge in [-0.25, -0.2) is 9.97 Å². The van der Waals surface area contributed by atoms with E-state index >= 15 is 0 Å². The van der Waals surface area contributed by atoms with Crippen LogP contribution in [0.2, 0.25) is 0 Å². The van der Waals surface area contributed by atoms with Crippen LogP contribution in [0.15, 0.2) is 59.2 Å². The highest BCUT2D eigenvalue weighted by atomic mass is 79.9. The lowest BCUT2D eigenvalue weighted by molar-refractivity contribution is -0.131. The van der Waals surface area contributed by atoms with Crippen molar-refractivity contribution in [1.82, 2.24) is 18.9 Å². The predicted molar refractivity (Wildman–Crippen MR) is 111 cm³/mol. The summed E-state index contributed by atoms with van der Waals surface area (Å²) in [7, 11) is 0. The Morgan fingerprint density at radius 1 is 1.07 bits per heavy atom. The first-order valence-electron chi connectivity index (χ1n) is 8.76. The van der Waals surface area contributed by atoms with Crippen LogP contribution in [0.1, 0.15) is 12.7 Å². The number of carbonyl (C=O) groups is 1. The molecule has 0 radical (unpaired) electrons. The van der Waals surface area contributed by atoms with E-state index in [4.69, 9.17) is 14.7 Å². The lowest BCUT2D eigenvalue weighted by Gasteiger charge is -2.07. The van der Waals surface area contributed by atoms with Crippen molar-refractivity contribution in [3.63, 3.8) is 0 Å². The number of halogens is 1. The number of ether oxygens (including phenoxy) is 1. The Labute approximate surface area is 168 Å². The predicted octanol–water partition coefficient (Wildman–Crippen LogP) is 4.82. The van der Waals surface area contributed by atoms with Crippen LogP contribution in [0, 0.1) is 6.92 Å². The van der Waals surface area contributed by atoms with Crippen LogP contribution in [-0.2, 0) is 4.79 Å². The van der Waals surface area contributed by atoms with Gasteiger partial charge in [-0.05, 0) is 37.3 Å². The molecular formula is C21H15BrN4O2. The van der Waals surface area contributed by atoms with Crippen LogP contribution < -0.4 is 4.74 Å². The Balaban J connectivity index is 1.95. The molecule has 2 aromatic carbocycles. The number of rotatable bonds is 2. The van der Waals surface area contributed by atoms with Crippen molar-refractivity contribution < 1.29 is 9.53 Å². The van der Waals surface area contributed by atoms with Crippen LogP contribution >= 0.6 is 15.9 Å². The Bertz CT molecular complexity index is 1400. The molecule has 7 heteroatoms. The highest BCUT2D eigenvalue weighted by Gasteiger charge is 2.21. The fraction of sp³-hybridized carbons (Fsp3) is 0.0952. The average Bonchev–Trinajstić information content (AvgIpc) is 3.20. The first kappa shape index (κ1) is 16.9. The van der Waals surface area contributed by atoms with E-state index in [1.807, 2.05) is 64.4 Å². The van der Waals surface area contributed by atoms with Crippen molar-refractivity contribution in [1.29, 1.82) is 0 Å². The number of esters is 1. The summed E-state index contributed by atoms with van der Waals surface area (Å²) in [5.41, 5.74) is 4.14. The Hall–Kier alpha value is -3.19. The van der Waals surface area contributed by atoms with Crippen LogP contribution in [-0.4, -0.2) is 24.9 Å². The van der Waals surface area contributed by atoms with Gasteiger partial charge in [0.05, 0.1) is 17.2 Å². The molecule has 28 heavy (non-hydrogen) atoms.